The molecule has 0 bridgehead atoms. The second-order valence-electron chi connectivity index (χ2n) is 3.85. The zero-order valence-corrected chi connectivity index (χ0v) is 10.3. The quantitative estimate of drug-likeness (QED) is 0.748. The largest absolute Gasteiger partial charge is 0.351 e. The van der Waals surface area contributed by atoms with Crippen LogP contribution in [0.1, 0.15) is 11.4 Å². The van der Waals surface area contributed by atoms with Gasteiger partial charge in [-0.2, -0.15) is 0 Å². The Labute approximate surface area is 106 Å². The van der Waals surface area contributed by atoms with Gasteiger partial charge in [-0.3, -0.25) is 0 Å². The highest BCUT2D eigenvalue weighted by Gasteiger charge is 1.96. The fraction of sp³-hybridized carbons (Fsp3) is 0.143. The lowest BCUT2D eigenvalue weighted by Crippen LogP contribution is -1.99. The van der Waals surface area contributed by atoms with Crippen LogP contribution in [0.25, 0.3) is 0 Å². The second-order valence-corrected chi connectivity index (χ2v) is 3.85. The lowest BCUT2D eigenvalue weighted by Gasteiger charge is -2.03. The van der Waals surface area contributed by atoms with Crippen molar-refractivity contribution in [2.45, 2.75) is 13.5 Å². The van der Waals surface area contributed by atoms with E-state index in [0.29, 0.717) is 0 Å². The lowest BCUT2D eigenvalue weighted by molar-refractivity contribution is 0.762. The van der Waals surface area contributed by atoms with Gasteiger partial charge < -0.3 is 9.55 Å². The molecule has 0 unspecified atom stereocenters. The molecule has 1 N–H and O–H groups in total. The van der Waals surface area contributed by atoms with Crippen LogP contribution in [-0.2, 0) is 6.54 Å². The molecule has 0 aliphatic heterocycles. The van der Waals surface area contributed by atoms with Gasteiger partial charge in [0.25, 0.3) is 0 Å². The number of aryl methyl sites for hydroxylation is 1. The van der Waals surface area contributed by atoms with E-state index in [2.05, 4.69) is 43.8 Å². The molecule has 92 valence electrons. The number of aromatic nitrogens is 4. The van der Waals surface area contributed by atoms with E-state index in [1.807, 2.05) is 25.4 Å². The molecule has 3 rings (SSSR count). The minimum absolute atomic E-state index is 0.909. The Kier molecular flexibility index (Phi) is 4.30. The molecule has 4 nitrogen and oxygen atoms in total. The number of aromatic amines is 1. The van der Waals surface area contributed by atoms with Gasteiger partial charge in [-0.05, 0) is 12.5 Å². The summed E-state index contributed by atoms with van der Waals surface area (Å²) in [5.41, 5.74) is 1.31. The first-order chi connectivity index (χ1) is 8.86. The summed E-state index contributed by atoms with van der Waals surface area (Å²) < 4.78 is 2.13. The third-order valence-corrected chi connectivity index (χ3v) is 2.53. The Balaban J connectivity index is 0.000000202. The molecule has 0 amide bonds. The molecule has 0 atom stereocenters. The fourth-order valence-corrected chi connectivity index (χ4v) is 1.57. The first-order valence-corrected chi connectivity index (χ1v) is 5.80. The second kappa shape index (κ2) is 6.39. The normalized spacial score (nSPS) is 9.61. The minimum atomic E-state index is 0.909. The molecule has 3 aromatic rings. The van der Waals surface area contributed by atoms with Crippen LogP contribution in [0.15, 0.2) is 61.4 Å². The van der Waals surface area contributed by atoms with Crippen LogP contribution in [0, 0.1) is 6.92 Å². The van der Waals surface area contributed by atoms with Gasteiger partial charge in [0, 0.05) is 31.3 Å². The maximum Gasteiger partial charge on any atom is 0.105 e. The van der Waals surface area contributed by atoms with Gasteiger partial charge in [-0.25, -0.2) is 9.97 Å². The van der Waals surface area contributed by atoms with Crippen molar-refractivity contribution in [1.82, 2.24) is 19.5 Å². The molecule has 1 aromatic carbocycles. The topological polar surface area (TPSA) is 46.5 Å². The standard InChI is InChI=1S/C11H12N2.C3H4N2/c1-10-12-7-8-13(10)9-11-5-3-2-4-6-11;1-2-5-3-4-1/h2-8H,9H2,1H3;1-3H,(H,4,5). The molecule has 0 saturated heterocycles. The number of nitrogens with zero attached hydrogens (tertiary/aromatic N) is 3. The Morgan fingerprint density at radius 2 is 2.00 bits per heavy atom. The summed E-state index contributed by atoms with van der Waals surface area (Å²) in [6.07, 6.45) is 8.92. The molecule has 0 aliphatic rings. The third kappa shape index (κ3) is 3.59. The van der Waals surface area contributed by atoms with E-state index in [-0.39, 0.29) is 0 Å². The highest BCUT2D eigenvalue weighted by atomic mass is 15.0. The van der Waals surface area contributed by atoms with Gasteiger partial charge in [0.1, 0.15) is 5.82 Å². The smallest absolute Gasteiger partial charge is 0.105 e. The lowest BCUT2D eigenvalue weighted by atomic mass is 10.2. The average molecular weight is 240 g/mol. The zero-order valence-electron chi connectivity index (χ0n) is 10.3. The van der Waals surface area contributed by atoms with Crippen molar-refractivity contribution < 1.29 is 0 Å². The number of rotatable bonds is 2. The number of nitrogens with one attached hydrogen (secondary N) is 1. The maximum absolute atomic E-state index is 4.18. The zero-order chi connectivity index (χ0) is 12.6. The molecule has 0 spiro atoms. The average Bonchev–Trinajstić information content (AvgIpc) is 3.07. The maximum atomic E-state index is 4.18. The van der Waals surface area contributed by atoms with Crippen molar-refractivity contribution >= 4 is 0 Å². The van der Waals surface area contributed by atoms with Crippen molar-refractivity contribution in [3.8, 4) is 0 Å². The molecule has 0 aliphatic carbocycles. The number of imidazole rings is 2. The van der Waals surface area contributed by atoms with Gasteiger partial charge in [-0.15, -0.1) is 0 Å². The van der Waals surface area contributed by atoms with E-state index in [0.717, 1.165) is 12.4 Å². The van der Waals surface area contributed by atoms with Crippen molar-refractivity contribution in [2.75, 3.05) is 0 Å². The highest BCUT2D eigenvalue weighted by molar-refractivity contribution is 5.15. The molecule has 2 aromatic heterocycles. The van der Waals surface area contributed by atoms with Crippen LogP contribution in [0.2, 0.25) is 0 Å². The monoisotopic (exact) mass is 240 g/mol. The van der Waals surface area contributed by atoms with E-state index < -0.39 is 0 Å². The fourth-order valence-electron chi connectivity index (χ4n) is 1.57. The summed E-state index contributed by atoms with van der Waals surface area (Å²) in [5.74, 6) is 1.06. The molecule has 4 heteroatoms. The number of hydrogen-bond acceptors (Lipinski definition) is 2. The van der Waals surface area contributed by atoms with Gasteiger partial charge in [0.05, 0.1) is 6.33 Å². The summed E-state index contributed by atoms with van der Waals surface area (Å²) in [4.78, 5) is 10.6. The predicted octanol–water partition coefficient (Wildman–Crippen LogP) is 2.65. The van der Waals surface area contributed by atoms with Crippen LogP contribution in [0.3, 0.4) is 0 Å². The minimum Gasteiger partial charge on any atom is -0.351 e. The predicted molar refractivity (Wildman–Crippen MR) is 71.1 cm³/mol. The highest BCUT2D eigenvalue weighted by Crippen LogP contribution is 2.03. The van der Waals surface area contributed by atoms with E-state index in [1.165, 1.54) is 5.56 Å². The summed E-state index contributed by atoms with van der Waals surface area (Å²) in [6, 6.07) is 10.4. The molecule has 0 fully saturated rings. The van der Waals surface area contributed by atoms with Crippen LogP contribution in [0.5, 0.6) is 0 Å². The summed E-state index contributed by atoms with van der Waals surface area (Å²) in [6.45, 7) is 2.93. The van der Waals surface area contributed by atoms with Crippen LogP contribution in [0.4, 0.5) is 0 Å². The number of H-pyrrole nitrogens is 1. The Morgan fingerprint density at radius 3 is 2.50 bits per heavy atom. The Hall–Kier alpha value is -2.36. The first-order valence-electron chi connectivity index (χ1n) is 5.80. The van der Waals surface area contributed by atoms with E-state index in [4.69, 9.17) is 0 Å². The van der Waals surface area contributed by atoms with Crippen molar-refractivity contribution in [3.05, 3.63) is 72.8 Å². The van der Waals surface area contributed by atoms with Crippen molar-refractivity contribution in [1.29, 1.82) is 0 Å². The summed E-state index contributed by atoms with van der Waals surface area (Å²) in [5, 5.41) is 0. The van der Waals surface area contributed by atoms with Crippen molar-refractivity contribution in [3.63, 3.8) is 0 Å². The van der Waals surface area contributed by atoms with Crippen LogP contribution in [-0.4, -0.2) is 19.5 Å². The van der Waals surface area contributed by atoms with E-state index in [9.17, 15) is 0 Å². The third-order valence-electron chi connectivity index (χ3n) is 2.53. The SMILES string of the molecule is Cc1nccn1Cc1ccccc1.c1c[nH]cn1. The first kappa shape index (κ1) is 12.1. The molecule has 18 heavy (non-hydrogen) atoms. The molecule has 0 radical (unpaired) electrons. The molecule has 0 saturated carbocycles. The number of benzene rings is 1. The van der Waals surface area contributed by atoms with Gasteiger partial charge in [0.15, 0.2) is 0 Å². The molecular formula is C14H16N4. The Morgan fingerprint density at radius 1 is 1.17 bits per heavy atom. The van der Waals surface area contributed by atoms with Crippen LogP contribution >= 0.6 is 0 Å². The Bertz CT molecular complexity index is 523. The molecular weight excluding hydrogens is 224 g/mol. The summed E-state index contributed by atoms with van der Waals surface area (Å²) >= 11 is 0. The van der Waals surface area contributed by atoms with E-state index in [1.54, 1.807) is 18.7 Å². The summed E-state index contributed by atoms with van der Waals surface area (Å²) in [7, 11) is 0. The number of hydrogen-bond donors (Lipinski definition) is 1. The van der Waals surface area contributed by atoms with E-state index >= 15 is 0 Å². The van der Waals surface area contributed by atoms with Crippen LogP contribution < -0.4 is 0 Å². The van der Waals surface area contributed by atoms with Gasteiger partial charge >= 0.3 is 0 Å². The van der Waals surface area contributed by atoms with Crippen molar-refractivity contribution in [2.24, 2.45) is 0 Å². The van der Waals surface area contributed by atoms with Gasteiger partial charge in [0.2, 0.25) is 0 Å². The van der Waals surface area contributed by atoms with Gasteiger partial charge in [-0.1, -0.05) is 30.3 Å². The molecule has 2 heterocycles.